The Kier molecular flexibility index (Phi) is 6.07. The minimum atomic E-state index is -1.09. The van der Waals surface area contributed by atoms with Gasteiger partial charge in [0, 0.05) is 13.7 Å². The average Bonchev–Trinajstić information content (AvgIpc) is 2.23. The maximum atomic E-state index is 11.8. The van der Waals surface area contributed by atoms with Crippen LogP contribution in [0.25, 0.3) is 0 Å². The van der Waals surface area contributed by atoms with Crippen LogP contribution in [0.2, 0.25) is 0 Å². The number of rotatable bonds is 6. The highest BCUT2D eigenvalue weighted by Gasteiger charge is 2.22. The van der Waals surface area contributed by atoms with Crippen molar-refractivity contribution in [2.75, 3.05) is 26.8 Å². The molecule has 2 amide bonds. The van der Waals surface area contributed by atoms with E-state index in [-0.39, 0.29) is 13.2 Å². The number of hydrogen-bond donors (Lipinski definition) is 2. The lowest BCUT2D eigenvalue weighted by Crippen LogP contribution is -2.51. The molecule has 0 aromatic rings. The summed E-state index contributed by atoms with van der Waals surface area (Å²) in [5.41, 5.74) is -0.819. The van der Waals surface area contributed by atoms with Gasteiger partial charge in [-0.15, -0.1) is 6.42 Å². The summed E-state index contributed by atoms with van der Waals surface area (Å²) in [6.07, 6.45) is 5.23. The van der Waals surface area contributed by atoms with Crippen molar-refractivity contribution in [3.63, 3.8) is 0 Å². The van der Waals surface area contributed by atoms with E-state index in [9.17, 15) is 9.59 Å². The number of carboxylic acids is 1. The summed E-state index contributed by atoms with van der Waals surface area (Å²) in [6, 6.07) is -0.521. The number of aliphatic carboxylic acids is 1. The van der Waals surface area contributed by atoms with Crippen LogP contribution >= 0.6 is 0 Å². The third-order valence-corrected chi connectivity index (χ3v) is 1.96. The Hall–Kier alpha value is -1.74. The number of carbonyl (C=O) groups is 2. The minimum absolute atomic E-state index is 0.190. The van der Waals surface area contributed by atoms with Gasteiger partial charge >= 0.3 is 12.0 Å². The Balaban J connectivity index is 4.53. The zero-order valence-corrected chi connectivity index (χ0v) is 10.3. The van der Waals surface area contributed by atoms with Gasteiger partial charge in [0.15, 0.2) is 0 Å². The molecule has 0 fully saturated rings. The molecule has 0 aliphatic carbocycles. The molecule has 0 heterocycles. The smallest absolute Gasteiger partial charge is 0.323 e. The molecule has 96 valence electrons. The highest BCUT2D eigenvalue weighted by Crippen LogP contribution is 2.01. The molecule has 0 aliphatic heterocycles. The summed E-state index contributed by atoms with van der Waals surface area (Å²) in [6.45, 7) is 3.36. The van der Waals surface area contributed by atoms with Gasteiger partial charge in [0.05, 0.1) is 12.1 Å². The first kappa shape index (κ1) is 15.3. The van der Waals surface area contributed by atoms with Crippen molar-refractivity contribution in [3.8, 4) is 12.3 Å². The lowest BCUT2D eigenvalue weighted by Gasteiger charge is -2.26. The molecule has 0 aliphatic rings. The number of carbonyl (C=O) groups excluding carboxylic acids is 1. The van der Waals surface area contributed by atoms with E-state index in [4.69, 9.17) is 16.3 Å². The minimum Gasteiger partial charge on any atom is -0.480 e. The van der Waals surface area contributed by atoms with Crippen LogP contribution in [-0.4, -0.2) is 54.4 Å². The molecule has 0 rings (SSSR count). The summed E-state index contributed by atoms with van der Waals surface area (Å²) in [7, 11) is 1.47. The van der Waals surface area contributed by atoms with Gasteiger partial charge in [-0.2, -0.15) is 0 Å². The number of terminal acetylenes is 1. The van der Waals surface area contributed by atoms with Gasteiger partial charge in [0.25, 0.3) is 0 Å². The zero-order chi connectivity index (χ0) is 13.5. The third kappa shape index (κ3) is 6.43. The molecule has 6 nitrogen and oxygen atoms in total. The van der Waals surface area contributed by atoms with Gasteiger partial charge in [-0.05, 0) is 13.8 Å². The fraction of sp³-hybridized carbons (Fsp3) is 0.636. The van der Waals surface area contributed by atoms with Crippen molar-refractivity contribution in [2.45, 2.75) is 19.4 Å². The maximum Gasteiger partial charge on any atom is 0.323 e. The van der Waals surface area contributed by atoms with Crippen LogP contribution in [0.3, 0.4) is 0 Å². The van der Waals surface area contributed by atoms with Crippen LogP contribution in [-0.2, 0) is 9.53 Å². The molecule has 0 aromatic carbocycles. The Bertz CT molecular complexity index is 320. The second-order valence-electron chi connectivity index (χ2n) is 4.01. The van der Waals surface area contributed by atoms with Gasteiger partial charge in [-0.3, -0.25) is 4.79 Å². The fourth-order valence-corrected chi connectivity index (χ4v) is 1.000. The average molecular weight is 242 g/mol. The van der Waals surface area contributed by atoms with Crippen molar-refractivity contribution in [1.29, 1.82) is 0 Å². The Morgan fingerprint density at radius 3 is 2.53 bits per heavy atom. The van der Waals surface area contributed by atoms with E-state index in [2.05, 4.69) is 11.2 Å². The summed E-state index contributed by atoms with van der Waals surface area (Å²) >= 11 is 0. The van der Waals surface area contributed by atoms with Crippen molar-refractivity contribution in [2.24, 2.45) is 0 Å². The molecule has 0 saturated carbocycles. The Morgan fingerprint density at radius 1 is 1.53 bits per heavy atom. The summed E-state index contributed by atoms with van der Waals surface area (Å²) in [5.74, 6) is 1.31. The number of nitrogens with zero attached hydrogens (tertiary/aromatic N) is 1. The Labute approximate surface area is 101 Å². The van der Waals surface area contributed by atoms with E-state index < -0.39 is 24.1 Å². The first-order valence-corrected chi connectivity index (χ1v) is 5.08. The van der Waals surface area contributed by atoms with E-state index in [0.717, 1.165) is 4.90 Å². The van der Waals surface area contributed by atoms with Gasteiger partial charge in [0.1, 0.15) is 6.54 Å². The Morgan fingerprint density at radius 2 is 2.12 bits per heavy atom. The van der Waals surface area contributed by atoms with Crippen LogP contribution < -0.4 is 5.32 Å². The molecule has 0 atom stereocenters. The number of hydrogen-bond acceptors (Lipinski definition) is 3. The number of amides is 2. The van der Waals surface area contributed by atoms with Crippen molar-refractivity contribution >= 4 is 12.0 Å². The van der Waals surface area contributed by atoms with E-state index in [1.54, 1.807) is 13.8 Å². The third-order valence-electron chi connectivity index (χ3n) is 1.96. The normalized spacial score (nSPS) is 10.5. The zero-order valence-electron chi connectivity index (χ0n) is 10.3. The predicted molar refractivity (Wildman–Crippen MR) is 62.5 cm³/mol. The summed E-state index contributed by atoms with van der Waals surface area (Å²) in [4.78, 5) is 23.5. The van der Waals surface area contributed by atoms with Gasteiger partial charge < -0.3 is 20.1 Å². The largest absolute Gasteiger partial charge is 0.480 e. The number of urea groups is 1. The molecule has 6 heteroatoms. The van der Waals surface area contributed by atoms with Crippen LogP contribution in [0.5, 0.6) is 0 Å². The molecule has 0 spiro atoms. The molecular weight excluding hydrogens is 224 g/mol. The number of nitrogens with one attached hydrogen (secondary N) is 1. The highest BCUT2D eigenvalue weighted by atomic mass is 16.5. The van der Waals surface area contributed by atoms with Crippen LogP contribution in [0, 0.1) is 12.3 Å². The number of carboxylic acid groups (broad SMARTS) is 1. The van der Waals surface area contributed by atoms with Crippen molar-refractivity contribution < 1.29 is 19.4 Å². The van der Waals surface area contributed by atoms with E-state index >= 15 is 0 Å². The lowest BCUT2D eigenvalue weighted by atomic mass is 10.1. The molecule has 17 heavy (non-hydrogen) atoms. The quantitative estimate of drug-likeness (QED) is 0.649. The van der Waals surface area contributed by atoms with Crippen LogP contribution in [0.1, 0.15) is 13.8 Å². The number of methoxy groups -OCH3 is 1. The maximum absolute atomic E-state index is 11.8. The molecule has 0 aromatic heterocycles. The van der Waals surface area contributed by atoms with Gasteiger partial charge in [-0.1, -0.05) is 5.92 Å². The second kappa shape index (κ2) is 6.76. The predicted octanol–water partition coefficient (Wildman–Crippen LogP) is 0.141. The molecule has 0 radical (unpaired) electrons. The van der Waals surface area contributed by atoms with E-state index in [1.807, 2.05) is 0 Å². The topological polar surface area (TPSA) is 78.9 Å². The standard InChI is InChI=1S/C11H18N2O4/c1-5-11(2,3)12-10(16)13(6-7-17-4)8-9(14)15/h1H,6-8H2,2-4H3,(H,12,16)(H,14,15). The lowest BCUT2D eigenvalue weighted by molar-refractivity contribution is -0.137. The summed E-state index contributed by atoms with van der Waals surface area (Å²) < 4.78 is 4.81. The van der Waals surface area contributed by atoms with Crippen molar-refractivity contribution in [3.05, 3.63) is 0 Å². The second-order valence-corrected chi connectivity index (χ2v) is 4.01. The number of ether oxygens (including phenoxy) is 1. The van der Waals surface area contributed by atoms with Crippen LogP contribution in [0.15, 0.2) is 0 Å². The van der Waals surface area contributed by atoms with Crippen molar-refractivity contribution in [1.82, 2.24) is 10.2 Å². The first-order chi connectivity index (χ1) is 7.82. The summed E-state index contributed by atoms with van der Waals surface area (Å²) in [5, 5.41) is 11.2. The first-order valence-electron chi connectivity index (χ1n) is 5.08. The fourth-order valence-electron chi connectivity index (χ4n) is 1.000. The molecule has 0 unspecified atom stereocenters. The van der Waals surface area contributed by atoms with E-state index in [0.29, 0.717) is 0 Å². The van der Waals surface area contributed by atoms with E-state index in [1.165, 1.54) is 7.11 Å². The van der Waals surface area contributed by atoms with Gasteiger partial charge in [-0.25, -0.2) is 4.79 Å². The van der Waals surface area contributed by atoms with Crippen LogP contribution in [0.4, 0.5) is 4.79 Å². The monoisotopic (exact) mass is 242 g/mol. The highest BCUT2D eigenvalue weighted by molar-refractivity contribution is 5.80. The molecule has 0 saturated heterocycles. The SMILES string of the molecule is C#CC(C)(C)NC(=O)N(CCOC)CC(=O)O. The molecular formula is C11H18N2O4. The molecule has 0 bridgehead atoms. The molecule has 2 N–H and O–H groups in total. The van der Waals surface area contributed by atoms with Gasteiger partial charge in [0.2, 0.25) is 0 Å².